The van der Waals surface area contributed by atoms with Gasteiger partial charge in [-0.1, -0.05) is 48.5 Å². The van der Waals surface area contributed by atoms with Crippen molar-refractivity contribution < 1.29 is 0 Å². The summed E-state index contributed by atoms with van der Waals surface area (Å²) < 4.78 is 0. The Morgan fingerprint density at radius 2 is 1.18 bits per heavy atom. The molecule has 0 fully saturated rings. The number of rotatable bonds is 0. The fourth-order valence-corrected chi connectivity index (χ4v) is 2.76. The fraction of sp³-hybridized carbons (Fsp3) is 0. The third kappa shape index (κ3) is 1.03. The molecule has 0 radical (unpaired) electrons. The van der Waals surface area contributed by atoms with Crippen molar-refractivity contribution in [1.29, 1.82) is 0 Å². The molecule has 0 aromatic heterocycles. The van der Waals surface area contributed by atoms with Gasteiger partial charge in [0.25, 0.3) is 0 Å². The molecular formula is C16H11N. The Morgan fingerprint density at radius 1 is 0.588 bits per heavy atom. The third-order valence-corrected chi connectivity index (χ3v) is 3.56. The van der Waals surface area contributed by atoms with E-state index in [1.807, 2.05) is 6.07 Å². The Morgan fingerprint density at radius 3 is 1.94 bits per heavy atom. The smallest absolute Gasteiger partial charge is 0.0394 e. The largest absolute Gasteiger partial charge is 0.398 e. The normalized spacial score (nSPS) is 11.8. The van der Waals surface area contributed by atoms with Gasteiger partial charge in [0.1, 0.15) is 0 Å². The van der Waals surface area contributed by atoms with Crippen LogP contribution < -0.4 is 5.73 Å². The van der Waals surface area contributed by atoms with E-state index in [9.17, 15) is 0 Å². The molecule has 0 saturated heterocycles. The van der Waals surface area contributed by atoms with Crippen LogP contribution >= 0.6 is 0 Å². The molecule has 0 amide bonds. The van der Waals surface area contributed by atoms with Crippen LogP contribution in [0.5, 0.6) is 0 Å². The van der Waals surface area contributed by atoms with Gasteiger partial charge in [0.15, 0.2) is 0 Å². The molecular weight excluding hydrogens is 212 g/mol. The van der Waals surface area contributed by atoms with Crippen LogP contribution in [-0.2, 0) is 0 Å². The molecule has 80 valence electrons. The molecule has 0 heterocycles. The molecule has 0 aliphatic carbocycles. The predicted octanol–water partition coefficient (Wildman–Crippen LogP) is 4.17. The van der Waals surface area contributed by atoms with E-state index < -0.39 is 0 Å². The van der Waals surface area contributed by atoms with Gasteiger partial charge in [-0.25, -0.2) is 0 Å². The van der Waals surface area contributed by atoms with Gasteiger partial charge in [-0.3, -0.25) is 0 Å². The summed E-state index contributed by atoms with van der Waals surface area (Å²) >= 11 is 0. The Kier molecular flexibility index (Phi) is 1.50. The molecule has 1 heteroatoms. The second kappa shape index (κ2) is 2.89. The van der Waals surface area contributed by atoms with Gasteiger partial charge in [0.05, 0.1) is 0 Å². The first-order valence-electron chi connectivity index (χ1n) is 5.76. The highest BCUT2D eigenvalue weighted by Gasteiger charge is 2.08. The molecule has 0 aliphatic rings. The van der Waals surface area contributed by atoms with Crippen molar-refractivity contribution in [2.24, 2.45) is 0 Å². The van der Waals surface area contributed by atoms with E-state index in [4.69, 9.17) is 5.73 Å². The van der Waals surface area contributed by atoms with Crippen molar-refractivity contribution in [3.63, 3.8) is 0 Å². The zero-order valence-electron chi connectivity index (χ0n) is 9.27. The van der Waals surface area contributed by atoms with E-state index in [1.165, 1.54) is 26.9 Å². The first-order chi connectivity index (χ1) is 8.34. The Bertz CT molecular complexity index is 830. The van der Waals surface area contributed by atoms with Crippen LogP contribution in [0.1, 0.15) is 0 Å². The van der Waals surface area contributed by atoms with Crippen LogP contribution in [-0.4, -0.2) is 0 Å². The van der Waals surface area contributed by atoms with Crippen LogP contribution in [0.25, 0.3) is 32.3 Å². The summed E-state index contributed by atoms with van der Waals surface area (Å²) in [6, 6.07) is 19.1. The average molecular weight is 223 g/mol. The molecule has 0 saturated carbocycles. The Hall–Kier alpha value is -2.28. The Balaban J connectivity index is 2.48. The van der Waals surface area contributed by atoms with Gasteiger partial charge in [0.2, 0.25) is 0 Å². The van der Waals surface area contributed by atoms with Gasteiger partial charge in [-0.05, 0) is 33.0 Å². The molecule has 4 aromatic carbocycles. The van der Waals surface area contributed by atoms with Gasteiger partial charge < -0.3 is 5.73 Å². The molecule has 0 spiro atoms. The van der Waals surface area contributed by atoms with E-state index in [2.05, 4.69) is 48.5 Å². The zero-order valence-corrected chi connectivity index (χ0v) is 9.27. The van der Waals surface area contributed by atoms with Gasteiger partial charge in [-0.2, -0.15) is 0 Å². The lowest BCUT2D eigenvalue weighted by Crippen LogP contribution is -1.89. The number of hydrogen-bond donors (Lipinski definition) is 1. The number of anilines is 1. The summed E-state index contributed by atoms with van der Waals surface area (Å²) in [6.45, 7) is 0. The summed E-state index contributed by atoms with van der Waals surface area (Å²) in [5.41, 5.74) is 6.92. The third-order valence-electron chi connectivity index (χ3n) is 3.56. The first-order valence-corrected chi connectivity index (χ1v) is 5.76. The predicted molar refractivity (Wildman–Crippen MR) is 74.6 cm³/mol. The number of nitrogen functional groups attached to an aromatic ring is 1. The molecule has 1 nitrogen and oxygen atoms in total. The summed E-state index contributed by atoms with van der Waals surface area (Å²) in [6.07, 6.45) is 0. The highest BCUT2D eigenvalue weighted by Crippen LogP contribution is 2.36. The van der Waals surface area contributed by atoms with E-state index in [-0.39, 0.29) is 0 Å². The van der Waals surface area contributed by atoms with Crippen LogP contribution in [0, 0.1) is 0 Å². The average Bonchev–Trinajstić information content (AvgIpc) is 2.38. The topological polar surface area (TPSA) is 26.0 Å². The van der Waals surface area contributed by atoms with E-state index in [1.54, 1.807) is 0 Å². The maximum absolute atomic E-state index is 6.07. The second-order valence-corrected chi connectivity index (χ2v) is 4.51. The Labute approximate surface area is 98.8 Å². The van der Waals surface area contributed by atoms with Crippen molar-refractivity contribution >= 4 is 38.0 Å². The molecule has 4 rings (SSSR count). The molecule has 0 aliphatic heterocycles. The summed E-state index contributed by atoms with van der Waals surface area (Å²) in [7, 11) is 0. The summed E-state index contributed by atoms with van der Waals surface area (Å²) in [5.74, 6) is 0. The van der Waals surface area contributed by atoms with Crippen molar-refractivity contribution in [2.45, 2.75) is 0 Å². The van der Waals surface area contributed by atoms with Gasteiger partial charge in [0, 0.05) is 11.1 Å². The number of hydrogen-bond acceptors (Lipinski definition) is 1. The first kappa shape index (κ1) is 8.82. The minimum Gasteiger partial charge on any atom is -0.398 e. The fourth-order valence-electron chi connectivity index (χ4n) is 2.76. The van der Waals surface area contributed by atoms with Crippen molar-refractivity contribution in [1.82, 2.24) is 0 Å². The monoisotopic (exact) mass is 223 g/mol. The SMILES string of the molecule is Nc1ccc2cc[13c]3[13cH][13cH][13cH][13c]4ccc1c2[13c]34. The van der Waals surface area contributed by atoms with Crippen LogP contribution in [0.4, 0.5) is 5.69 Å². The summed E-state index contributed by atoms with van der Waals surface area (Å²) in [4.78, 5) is 0. The maximum Gasteiger partial charge on any atom is 0.0394 e. The van der Waals surface area contributed by atoms with Crippen molar-refractivity contribution in [3.8, 4) is 0 Å². The van der Waals surface area contributed by atoms with Gasteiger partial charge >= 0.3 is 0 Å². The lowest BCUT2D eigenvalue weighted by molar-refractivity contribution is 1.76. The number of benzene rings is 4. The molecule has 17 heavy (non-hydrogen) atoms. The van der Waals surface area contributed by atoms with Crippen LogP contribution in [0.2, 0.25) is 0 Å². The zero-order chi connectivity index (χ0) is 11.4. The minimum atomic E-state index is 0.857. The molecule has 0 bridgehead atoms. The van der Waals surface area contributed by atoms with E-state index in [0.29, 0.717) is 0 Å². The van der Waals surface area contributed by atoms with Crippen molar-refractivity contribution in [3.05, 3.63) is 54.6 Å². The van der Waals surface area contributed by atoms with E-state index in [0.717, 1.165) is 11.1 Å². The molecule has 0 unspecified atom stereocenters. The quantitative estimate of drug-likeness (QED) is 0.351. The van der Waals surface area contributed by atoms with Crippen LogP contribution in [0.3, 0.4) is 0 Å². The highest BCUT2D eigenvalue weighted by molar-refractivity contribution is 6.24. The molecule has 4 aromatic rings. The lowest BCUT2D eigenvalue weighted by atomic mass is 10.1. The van der Waals surface area contributed by atoms with Gasteiger partial charge in [-0.15, -0.1) is 0 Å². The lowest BCUT2D eigenvalue weighted by Gasteiger charge is -2.11. The highest BCUT2D eigenvalue weighted by atomic mass is 14.8. The number of nitrogens with two attached hydrogens (primary N) is 1. The second-order valence-electron chi connectivity index (χ2n) is 4.51. The molecule has 2 N–H and O–H groups in total. The van der Waals surface area contributed by atoms with Crippen molar-refractivity contribution in [2.75, 3.05) is 5.73 Å². The molecule has 0 atom stereocenters. The van der Waals surface area contributed by atoms with Crippen LogP contribution in [0.15, 0.2) is 54.6 Å². The minimum absolute atomic E-state index is 0.857. The maximum atomic E-state index is 6.07. The standard InChI is InChI=1S/C16H11N/c17-14-9-7-12-5-4-10-2-1-3-11-6-8-13(14)16(12)15(10)11/h1-9H,17H2/i1+1,2+1,3+1,10+1,11+1,15+1. The summed E-state index contributed by atoms with van der Waals surface area (Å²) in [5, 5.41) is 7.61. The van der Waals surface area contributed by atoms with E-state index >= 15 is 0 Å².